The molecule has 5 nitrogen and oxygen atoms in total. The van der Waals surface area contributed by atoms with Gasteiger partial charge >= 0.3 is 0 Å². The third kappa shape index (κ3) is 3.68. The second kappa shape index (κ2) is 7.54. The van der Waals surface area contributed by atoms with Crippen LogP contribution in [0.25, 0.3) is 11.3 Å². The highest BCUT2D eigenvalue weighted by molar-refractivity contribution is 6.05. The molecule has 0 atom stereocenters. The molecule has 3 rings (SSSR count). The molecule has 0 fully saturated rings. The summed E-state index contributed by atoms with van der Waals surface area (Å²) in [7, 11) is 0. The van der Waals surface area contributed by atoms with E-state index in [1.165, 1.54) is 0 Å². The van der Waals surface area contributed by atoms with E-state index in [2.05, 4.69) is 10.4 Å². The van der Waals surface area contributed by atoms with Crippen LogP contribution in [0.3, 0.4) is 0 Å². The average Bonchev–Trinajstić information content (AvgIpc) is 2.98. The third-order valence-corrected chi connectivity index (χ3v) is 4.38. The molecule has 2 aromatic carbocycles. The normalized spacial score (nSPS) is 10.8. The van der Waals surface area contributed by atoms with Gasteiger partial charge in [-0.15, -0.1) is 0 Å². The zero-order valence-electron chi connectivity index (χ0n) is 15.3. The number of aromatic nitrogens is 2. The number of hydrogen-bond donors (Lipinski definition) is 2. The van der Waals surface area contributed by atoms with E-state index in [0.717, 1.165) is 27.9 Å². The van der Waals surface area contributed by atoms with Crippen molar-refractivity contribution in [3.63, 3.8) is 0 Å². The maximum Gasteiger partial charge on any atom is 0.257 e. The van der Waals surface area contributed by atoms with Crippen LogP contribution in [0.15, 0.2) is 48.5 Å². The molecule has 5 heteroatoms. The summed E-state index contributed by atoms with van der Waals surface area (Å²) >= 11 is 0. The molecule has 1 amide bonds. The molecule has 0 unspecified atom stereocenters. The molecule has 0 saturated carbocycles. The summed E-state index contributed by atoms with van der Waals surface area (Å²) in [5, 5.41) is 16.8. The molecule has 0 aliphatic rings. The van der Waals surface area contributed by atoms with Crippen LogP contribution in [-0.2, 0) is 6.54 Å². The van der Waals surface area contributed by atoms with Gasteiger partial charge in [0.05, 0.1) is 18.8 Å². The van der Waals surface area contributed by atoms with Crippen LogP contribution in [-0.4, -0.2) is 27.4 Å². The molecule has 0 aliphatic carbocycles. The van der Waals surface area contributed by atoms with Gasteiger partial charge in [-0.3, -0.25) is 4.79 Å². The Kier molecular flexibility index (Phi) is 5.19. The molecule has 0 spiro atoms. The predicted molar refractivity (Wildman–Crippen MR) is 103 cm³/mol. The van der Waals surface area contributed by atoms with Gasteiger partial charge in [-0.25, -0.2) is 4.68 Å². The highest BCUT2D eigenvalue weighted by atomic mass is 16.3. The first kappa shape index (κ1) is 17.9. The molecule has 1 heterocycles. The molecular formula is C21H23N3O2. The van der Waals surface area contributed by atoms with Crippen LogP contribution in [0.4, 0.5) is 5.82 Å². The number of hydrogen-bond acceptors (Lipinski definition) is 3. The van der Waals surface area contributed by atoms with Crippen LogP contribution in [0.2, 0.25) is 0 Å². The van der Waals surface area contributed by atoms with Gasteiger partial charge < -0.3 is 10.4 Å². The van der Waals surface area contributed by atoms with Gasteiger partial charge in [-0.2, -0.15) is 5.10 Å². The first-order valence-electron chi connectivity index (χ1n) is 8.63. The molecule has 3 aromatic rings. The molecule has 0 saturated heterocycles. The zero-order valence-corrected chi connectivity index (χ0v) is 15.3. The Morgan fingerprint density at radius 1 is 1.08 bits per heavy atom. The second-order valence-corrected chi connectivity index (χ2v) is 6.45. The number of carbonyl (C=O) groups excluding carboxylic acids is 1. The quantitative estimate of drug-likeness (QED) is 0.738. The van der Waals surface area contributed by atoms with Gasteiger partial charge in [-0.05, 0) is 38.0 Å². The maximum atomic E-state index is 12.7. The Morgan fingerprint density at radius 2 is 1.85 bits per heavy atom. The number of benzene rings is 2. The lowest BCUT2D eigenvalue weighted by molar-refractivity contribution is 0.102. The minimum absolute atomic E-state index is 0.0542. The number of nitrogens with one attached hydrogen (secondary N) is 1. The maximum absolute atomic E-state index is 12.7. The summed E-state index contributed by atoms with van der Waals surface area (Å²) in [6.07, 6.45) is 0. The summed E-state index contributed by atoms with van der Waals surface area (Å²) in [6, 6.07) is 15.5. The lowest BCUT2D eigenvalue weighted by Gasteiger charge is -2.09. The van der Waals surface area contributed by atoms with Crippen molar-refractivity contribution in [2.75, 3.05) is 11.9 Å². The van der Waals surface area contributed by atoms with Crippen molar-refractivity contribution in [2.45, 2.75) is 27.3 Å². The fraction of sp³-hybridized carbons (Fsp3) is 0.238. The second-order valence-electron chi connectivity index (χ2n) is 6.45. The standard InChI is InChI=1S/C21H23N3O2/c1-14-8-9-18(16(3)12-14)21(26)22-20-13-19(23-24(20)10-11-25)17-7-5-4-6-15(17)2/h4-9,12-13,25H,10-11H2,1-3H3,(H,22,26). The SMILES string of the molecule is Cc1ccc(C(=O)Nc2cc(-c3ccccc3C)nn2CCO)c(C)c1. The Balaban J connectivity index is 1.94. The van der Waals surface area contributed by atoms with Crippen LogP contribution in [0, 0.1) is 20.8 Å². The summed E-state index contributed by atoms with van der Waals surface area (Å²) in [5.74, 6) is 0.389. The Hall–Kier alpha value is -2.92. The summed E-state index contributed by atoms with van der Waals surface area (Å²) < 4.78 is 1.63. The van der Waals surface area contributed by atoms with Crippen molar-refractivity contribution < 1.29 is 9.90 Å². The zero-order chi connectivity index (χ0) is 18.7. The van der Waals surface area contributed by atoms with Crippen LogP contribution in [0.5, 0.6) is 0 Å². The minimum atomic E-state index is -0.182. The minimum Gasteiger partial charge on any atom is -0.394 e. The first-order valence-corrected chi connectivity index (χ1v) is 8.63. The summed E-state index contributed by atoms with van der Waals surface area (Å²) in [5.41, 5.74) is 5.55. The number of nitrogens with zero attached hydrogens (tertiary/aromatic N) is 2. The first-order chi connectivity index (χ1) is 12.5. The van der Waals surface area contributed by atoms with Crippen molar-refractivity contribution in [1.29, 1.82) is 0 Å². The molecular weight excluding hydrogens is 326 g/mol. The topological polar surface area (TPSA) is 67.2 Å². The average molecular weight is 349 g/mol. The monoisotopic (exact) mass is 349 g/mol. The van der Waals surface area contributed by atoms with E-state index in [0.29, 0.717) is 17.9 Å². The largest absolute Gasteiger partial charge is 0.394 e. The molecule has 0 radical (unpaired) electrons. The number of aryl methyl sites for hydroxylation is 3. The third-order valence-electron chi connectivity index (χ3n) is 4.38. The van der Waals surface area contributed by atoms with Crippen molar-refractivity contribution >= 4 is 11.7 Å². The van der Waals surface area contributed by atoms with Gasteiger partial charge in [0.25, 0.3) is 5.91 Å². The van der Waals surface area contributed by atoms with E-state index in [1.54, 1.807) is 4.68 Å². The smallest absolute Gasteiger partial charge is 0.257 e. The highest BCUT2D eigenvalue weighted by Gasteiger charge is 2.15. The predicted octanol–water partition coefficient (Wildman–Crippen LogP) is 3.72. The van der Waals surface area contributed by atoms with Gasteiger partial charge in [0.2, 0.25) is 0 Å². The molecule has 2 N–H and O–H groups in total. The lowest BCUT2D eigenvalue weighted by Crippen LogP contribution is -2.17. The fourth-order valence-electron chi connectivity index (χ4n) is 3.03. The van der Waals surface area contributed by atoms with E-state index >= 15 is 0 Å². The summed E-state index contributed by atoms with van der Waals surface area (Å²) in [6.45, 7) is 6.20. The molecule has 0 aliphatic heterocycles. The van der Waals surface area contributed by atoms with E-state index < -0.39 is 0 Å². The number of anilines is 1. The highest BCUT2D eigenvalue weighted by Crippen LogP contribution is 2.25. The van der Waals surface area contributed by atoms with Gasteiger partial charge in [-0.1, -0.05) is 42.0 Å². The molecule has 134 valence electrons. The molecule has 0 bridgehead atoms. The number of amides is 1. The van der Waals surface area contributed by atoms with Crippen LogP contribution in [0.1, 0.15) is 27.0 Å². The van der Waals surface area contributed by atoms with Crippen LogP contribution < -0.4 is 5.32 Å². The van der Waals surface area contributed by atoms with Gasteiger partial charge in [0.1, 0.15) is 5.82 Å². The number of aliphatic hydroxyl groups is 1. The van der Waals surface area contributed by atoms with E-state index in [4.69, 9.17) is 0 Å². The van der Waals surface area contributed by atoms with Crippen LogP contribution >= 0.6 is 0 Å². The van der Waals surface area contributed by atoms with Gasteiger partial charge in [0.15, 0.2) is 0 Å². The van der Waals surface area contributed by atoms with E-state index in [9.17, 15) is 9.90 Å². The Labute approximate surface area is 153 Å². The van der Waals surface area contributed by atoms with E-state index in [-0.39, 0.29) is 12.5 Å². The fourth-order valence-corrected chi connectivity index (χ4v) is 3.03. The number of carbonyl (C=O) groups is 1. The van der Waals surface area contributed by atoms with E-state index in [1.807, 2.05) is 69.3 Å². The lowest BCUT2D eigenvalue weighted by atomic mass is 10.1. The Bertz CT molecular complexity index is 944. The number of rotatable bonds is 5. The van der Waals surface area contributed by atoms with Crippen molar-refractivity contribution in [1.82, 2.24) is 9.78 Å². The van der Waals surface area contributed by atoms with Crippen molar-refractivity contribution in [2.24, 2.45) is 0 Å². The molecule has 26 heavy (non-hydrogen) atoms. The van der Waals surface area contributed by atoms with Crippen molar-refractivity contribution in [3.05, 3.63) is 70.8 Å². The van der Waals surface area contributed by atoms with Crippen molar-refractivity contribution in [3.8, 4) is 11.3 Å². The Morgan fingerprint density at radius 3 is 2.54 bits per heavy atom. The molecule has 1 aromatic heterocycles. The number of aliphatic hydroxyl groups excluding tert-OH is 1. The summed E-state index contributed by atoms with van der Waals surface area (Å²) in [4.78, 5) is 12.7. The van der Waals surface area contributed by atoms with Gasteiger partial charge in [0, 0.05) is 17.2 Å².